The Morgan fingerprint density at radius 1 is 0.600 bits per heavy atom. The number of unbranched alkanes of at least 4 members (excludes halogenated alkanes) is 18. The lowest BCUT2D eigenvalue weighted by Crippen LogP contribution is -2.50. The second-order valence-corrected chi connectivity index (χ2v) is 11.7. The molecule has 0 spiro atoms. The van der Waals surface area contributed by atoms with Crippen molar-refractivity contribution in [2.75, 3.05) is 6.61 Å². The molecule has 0 heterocycles. The van der Waals surface area contributed by atoms with E-state index < -0.39 is 18.2 Å². The third-order valence-corrected chi connectivity index (χ3v) is 7.79. The molecule has 3 unspecified atom stereocenters. The lowest BCUT2D eigenvalue weighted by molar-refractivity contribution is -0.124. The summed E-state index contributed by atoms with van der Waals surface area (Å²) in [7, 11) is 0. The van der Waals surface area contributed by atoms with Gasteiger partial charge < -0.3 is 20.6 Å². The van der Waals surface area contributed by atoms with E-state index >= 15 is 0 Å². The van der Waals surface area contributed by atoms with Crippen LogP contribution < -0.4 is 5.32 Å². The van der Waals surface area contributed by atoms with E-state index in [1.807, 2.05) is 0 Å². The molecule has 1 amide bonds. The van der Waals surface area contributed by atoms with Gasteiger partial charge in [0, 0.05) is 6.42 Å². The SMILES string of the molecule is CCCCCC/C=C/CC/C=C/CCCC(O)C(O)C(CO)NC(=O)CCCCCCCCCCCCCCC. The lowest BCUT2D eigenvalue weighted by Gasteiger charge is -2.26. The van der Waals surface area contributed by atoms with Crippen LogP contribution in [0.5, 0.6) is 0 Å². The fourth-order valence-electron chi connectivity index (χ4n) is 5.06. The molecule has 0 aromatic rings. The van der Waals surface area contributed by atoms with Gasteiger partial charge in [-0.1, -0.05) is 134 Å². The number of allylic oxidation sites excluding steroid dienone is 4. The molecule has 0 aliphatic carbocycles. The van der Waals surface area contributed by atoms with Crippen molar-refractivity contribution >= 4 is 5.91 Å². The van der Waals surface area contributed by atoms with Gasteiger partial charge >= 0.3 is 0 Å². The monoisotopic (exact) mass is 566 g/mol. The quantitative estimate of drug-likeness (QED) is 0.0518. The molecule has 0 aliphatic heterocycles. The first-order valence-electron chi connectivity index (χ1n) is 17.1. The molecular formula is C35H67NO4. The average Bonchev–Trinajstić information content (AvgIpc) is 2.96. The van der Waals surface area contributed by atoms with Gasteiger partial charge in [0.15, 0.2) is 0 Å². The Balaban J connectivity index is 3.79. The van der Waals surface area contributed by atoms with E-state index in [4.69, 9.17) is 0 Å². The van der Waals surface area contributed by atoms with Crippen LogP contribution in [0.15, 0.2) is 24.3 Å². The van der Waals surface area contributed by atoms with Gasteiger partial charge in [0.1, 0.15) is 6.10 Å². The lowest BCUT2D eigenvalue weighted by atomic mass is 10.0. The van der Waals surface area contributed by atoms with Gasteiger partial charge in [-0.25, -0.2) is 0 Å². The number of aliphatic hydroxyl groups excluding tert-OH is 3. The van der Waals surface area contributed by atoms with Crippen LogP contribution in [0.25, 0.3) is 0 Å². The number of amides is 1. The number of carbonyl (C=O) groups excluding carboxylic acids is 1. The molecular weight excluding hydrogens is 498 g/mol. The van der Waals surface area contributed by atoms with Crippen LogP contribution in [0.3, 0.4) is 0 Å². The highest BCUT2D eigenvalue weighted by atomic mass is 16.3. The average molecular weight is 566 g/mol. The van der Waals surface area contributed by atoms with E-state index in [1.165, 1.54) is 96.3 Å². The third kappa shape index (κ3) is 25.8. The summed E-state index contributed by atoms with van der Waals surface area (Å²) < 4.78 is 0. The van der Waals surface area contributed by atoms with E-state index in [2.05, 4.69) is 43.5 Å². The highest BCUT2D eigenvalue weighted by Crippen LogP contribution is 2.14. The maximum atomic E-state index is 12.3. The Kier molecular flexibility index (Phi) is 29.9. The molecule has 0 fully saturated rings. The number of hydrogen-bond donors (Lipinski definition) is 4. The summed E-state index contributed by atoms with van der Waals surface area (Å²) in [5.74, 6) is -0.161. The summed E-state index contributed by atoms with van der Waals surface area (Å²) in [6.07, 6.45) is 34.0. The van der Waals surface area contributed by atoms with Crippen molar-refractivity contribution in [1.29, 1.82) is 0 Å². The Morgan fingerprint density at radius 3 is 1.52 bits per heavy atom. The van der Waals surface area contributed by atoms with Crippen molar-refractivity contribution in [3.8, 4) is 0 Å². The number of aliphatic hydroxyl groups is 3. The molecule has 5 heteroatoms. The minimum Gasteiger partial charge on any atom is -0.394 e. The first-order chi connectivity index (χ1) is 19.6. The van der Waals surface area contributed by atoms with Gasteiger partial charge in [-0.15, -0.1) is 0 Å². The van der Waals surface area contributed by atoms with Gasteiger partial charge in [0.2, 0.25) is 5.91 Å². The number of rotatable bonds is 30. The molecule has 0 aromatic heterocycles. The number of carbonyl (C=O) groups is 1. The molecule has 3 atom stereocenters. The highest BCUT2D eigenvalue weighted by Gasteiger charge is 2.26. The number of nitrogens with one attached hydrogen (secondary N) is 1. The van der Waals surface area contributed by atoms with Gasteiger partial charge in [-0.3, -0.25) is 4.79 Å². The largest absolute Gasteiger partial charge is 0.394 e. The Morgan fingerprint density at radius 2 is 1.02 bits per heavy atom. The first-order valence-corrected chi connectivity index (χ1v) is 17.1. The minimum atomic E-state index is -1.16. The van der Waals surface area contributed by atoms with Crippen LogP contribution >= 0.6 is 0 Å². The van der Waals surface area contributed by atoms with Crippen LogP contribution in [-0.2, 0) is 4.79 Å². The van der Waals surface area contributed by atoms with Crippen molar-refractivity contribution < 1.29 is 20.1 Å². The maximum Gasteiger partial charge on any atom is 0.220 e. The molecule has 5 nitrogen and oxygen atoms in total. The Bertz CT molecular complexity index is 592. The topological polar surface area (TPSA) is 89.8 Å². The van der Waals surface area contributed by atoms with Crippen LogP contribution in [0.1, 0.15) is 168 Å². The van der Waals surface area contributed by atoms with Crippen molar-refractivity contribution in [1.82, 2.24) is 5.32 Å². The van der Waals surface area contributed by atoms with Gasteiger partial charge in [0.05, 0.1) is 18.8 Å². The van der Waals surface area contributed by atoms with E-state index in [9.17, 15) is 20.1 Å². The van der Waals surface area contributed by atoms with Crippen molar-refractivity contribution in [2.24, 2.45) is 0 Å². The number of hydrogen-bond acceptors (Lipinski definition) is 4. The van der Waals surface area contributed by atoms with Crippen LogP contribution in [0, 0.1) is 0 Å². The standard InChI is InChI=1S/C35H67NO4/c1-3-5-7-9-11-13-15-17-19-21-23-25-27-29-33(38)35(40)32(31-37)36-34(39)30-28-26-24-22-20-18-16-14-12-10-8-6-4-2/h13,15,21,23,32-33,35,37-38,40H,3-12,14,16-20,22,24-31H2,1-2H3,(H,36,39)/b15-13+,23-21+. The minimum absolute atomic E-state index is 0.161. The van der Waals surface area contributed by atoms with Crippen LogP contribution in [-0.4, -0.2) is 46.1 Å². The first kappa shape index (κ1) is 38.8. The zero-order chi connectivity index (χ0) is 29.5. The molecule has 0 bridgehead atoms. The summed E-state index contributed by atoms with van der Waals surface area (Å²) >= 11 is 0. The summed E-state index contributed by atoms with van der Waals surface area (Å²) in [5.41, 5.74) is 0. The Hall–Kier alpha value is -1.17. The molecule has 0 rings (SSSR count). The zero-order valence-electron chi connectivity index (χ0n) is 26.5. The summed E-state index contributed by atoms with van der Waals surface area (Å²) in [6.45, 7) is 4.11. The van der Waals surface area contributed by atoms with Crippen molar-refractivity contribution in [2.45, 2.75) is 186 Å². The second-order valence-electron chi connectivity index (χ2n) is 11.7. The highest BCUT2D eigenvalue weighted by molar-refractivity contribution is 5.76. The molecule has 4 N–H and O–H groups in total. The zero-order valence-corrected chi connectivity index (χ0v) is 26.5. The molecule has 0 saturated carbocycles. The maximum absolute atomic E-state index is 12.3. The molecule has 0 saturated heterocycles. The molecule has 0 radical (unpaired) electrons. The second kappa shape index (κ2) is 30.8. The van der Waals surface area contributed by atoms with Crippen LogP contribution in [0.4, 0.5) is 0 Å². The summed E-state index contributed by atoms with van der Waals surface area (Å²) in [4.78, 5) is 12.3. The summed E-state index contributed by atoms with van der Waals surface area (Å²) in [6, 6.07) is -0.825. The predicted octanol–water partition coefficient (Wildman–Crippen LogP) is 8.70. The van der Waals surface area contributed by atoms with E-state index in [0.29, 0.717) is 12.8 Å². The van der Waals surface area contributed by atoms with E-state index in [0.717, 1.165) is 44.9 Å². The third-order valence-electron chi connectivity index (χ3n) is 7.79. The molecule has 0 aromatic carbocycles. The van der Waals surface area contributed by atoms with Gasteiger partial charge in [-0.2, -0.15) is 0 Å². The van der Waals surface area contributed by atoms with Crippen molar-refractivity contribution in [3.05, 3.63) is 24.3 Å². The Labute approximate surface area is 248 Å². The predicted molar refractivity (Wildman–Crippen MR) is 171 cm³/mol. The fourth-order valence-corrected chi connectivity index (χ4v) is 5.06. The molecule has 40 heavy (non-hydrogen) atoms. The van der Waals surface area contributed by atoms with Crippen molar-refractivity contribution in [3.63, 3.8) is 0 Å². The van der Waals surface area contributed by atoms with E-state index in [-0.39, 0.29) is 12.5 Å². The van der Waals surface area contributed by atoms with Gasteiger partial charge in [0.25, 0.3) is 0 Å². The molecule has 236 valence electrons. The van der Waals surface area contributed by atoms with Gasteiger partial charge in [-0.05, 0) is 51.4 Å². The van der Waals surface area contributed by atoms with E-state index in [1.54, 1.807) is 0 Å². The smallest absolute Gasteiger partial charge is 0.220 e. The normalized spacial score (nSPS) is 14.2. The fraction of sp³-hybridized carbons (Fsp3) is 0.857. The molecule has 0 aliphatic rings. The summed E-state index contributed by atoms with van der Waals surface area (Å²) in [5, 5.41) is 33.2. The van der Waals surface area contributed by atoms with Crippen LogP contribution in [0.2, 0.25) is 0 Å².